The van der Waals surface area contributed by atoms with Gasteiger partial charge >= 0.3 is 5.97 Å². The lowest BCUT2D eigenvalue weighted by atomic mass is 9.98. The second-order valence-electron chi connectivity index (χ2n) is 7.31. The van der Waals surface area contributed by atoms with Gasteiger partial charge in [-0.25, -0.2) is 9.78 Å². The number of aliphatic carboxylic acids is 1. The molecule has 0 spiro atoms. The summed E-state index contributed by atoms with van der Waals surface area (Å²) in [7, 11) is 1.26. The van der Waals surface area contributed by atoms with Crippen LogP contribution in [0.1, 0.15) is 11.3 Å². The van der Waals surface area contributed by atoms with E-state index >= 15 is 0 Å². The molecule has 178 valence electrons. The highest BCUT2D eigenvalue weighted by Gasteiger charge is 2.54. The number of nitrogens with two attached hydrogens (primary N) is 1. The third-order valence-electron chi connectivity index (χ3n) is 5.16. The number of nitrogens with one attached hydrogen (secondary N) is 1. The SMILES string of the molecule is CO/N=C(\C(=O)N[C@@H]1C(=O)N2C(C(=O)O)=C(Cc3ccc(O)c(O)c3)CS[C@@H]12)c1csc(N)n1. The van der Waals surface area contributed by atoms with Crippen molar-refractivity contribution < 1.29 is 34.5 Å². The molecule has 4 rings (SSSR count). The first kappa shape index (κ1) is 23.4. The average molecular weight is 506 g/mol. The van der Waals surface area contributed by atoms with Gasteiger partial charge in [0.05, 0.1) is 0 Å². The Hall–Kier alpha value is -3.78. The molecule has 14 heteroatoms. The van der Waals surface area contributed by atoms with Gasteiger partial charge in [0.1, 0.15) is 29.9 Å². The van der Waals surface area contributed by atoms with Gasteiger partial charge in [-0.3, -0.25) is 14.5 Å². The highest BCUT2D eigenvalue weighted by molar-refractivity contribution is 8.00. The van der Waals surface area contributed by atoms with Crippen LogP contribution in [0.3, 0.4) is 0 Å². The zero-order chi connectivity index (χ0) is 24.6. The monoisotopic (exact) mass is 505 g/mol. The second-order valence-corrected chi connectivity index (χ2v) is 9.31. The Morgan fingerprint density at radius 3 is 2.74 bits per heavy atom. The lowest BCUT2D eigenvalue weighted by Crippen LogP contribution is -2.71. The Morgan fingerprint density at radius 1 is 1.35 bits per heavy atom. The van der Waals surface area contributed by atoms with E-state index in [1.807, 2.05) is 0 Å². The molecule has 1 aromatic carbocycles. The van der Waals surface area contributed by atoms with E-state index < -0.39 is 29.2 Å². The lowest BCUT2D eigenvalue weighted by Gasteiger charge is -2.49. The quantitative estimate of drug-likeness (QED) is 0.153. The van der Waals surface area contributed by atoms with Gasteiger partial charge in [-0.2, -0.15) is 0 Å². The zero-order valence-corrected chi connectivity index (χ0v) is 19.2. The van der Waals surface area contributed by atoms with Gasteiger partial charge in [0, 0.05) is 11.1 Å². The molecule has 2 aromatic rings. The Balaban J connectivity index is 1.54. The molecule has 34 heavy (non-hydrogen) atoms. The van der Waals surface area contributed by atoms with Crippen LogP contribution in [0, 0.1) is 0 Å². The summed E-state index contributed by atoms with van der Waals surface area (Å²) < 4.78 is 0. The Bertz CT molecular complexity index is 1240. The number of amides is 2. The molecule has 6 N–H and O–H groups in total. The van der Waals surface area contributed by atoms with Crippen molar-refractivity contribution in [2.75, 3.05) is 18.6 Å². The molecule has 0 unspecified atom stereocenters. The van der Waals surface area contributed by atoms with E-state index in [4.69, 9.17) is 10.6 Å². The van der Waals surface area contributed by atoms with Gasteiger partial charge in [-0.05, 0) is 29.7 Å². The molecular weight excluding hydrogens is 486 g/mol. The molecule has 2 aliphatic heterocycles. The van der Waals surface area contributed by atoms with Crippen LogP contribution in [0.25, 0.3) is 0 Å². The number of carbonyl (C=O) groups excluding carboxylic acids is 2. The van der Waals surface area contributed by atoms with Crippen LogP contribution >= 0.6 is 23.1 Å². The third-order valence-corrected chi connectivity index (χ3v) is 7.17. The predicted octanol–water partition coefficient (Wildman–Crippen LogP) is 0.468. The number of β-lactam (4-membered cyclic amide) rings is 1. The van der Waals surface area contributed by atoms with Gasteiger partial charge in [0.15, 0.2) is 22.3 Å². The number of thiazole rings is 1. The number of aromatic nitrogens is 1. The fraction of sp³-hybridized carbons (Fsp3) is 0.250. The first-order valence-electron chi connectivity index (χ1n) is 9.75. The van der Waals surface area contributed by atoms with Crippen molar-refractivity contribution in [3.05, 3.63) is 46.1 Å². The number of anilines is 1. The third kappa shape index (κ3) is 4.24. The van der Waals surface area contributed by atoms with Crippen LogP contribution in [0.4, 0.5) is 5.13 Å². The summed E-state index contributed by atoms with van der Waals surface area (Å²) in [5, 5.41) is 36.4. The highest BCUT2D eigenvalue weighted by atomic mass is 32.2. The van der Waals surface area contributed by atoms with E-state index in [2.05, 4.69) is 15.5 Å². The van der Waals surface area contributed by atoms with Crippen molar-refractivity contribution in [1.29, 1.82) is 0 Å². The number of nitrogen functional groups attached to an aromatic ring is 1. The molecule has 1 aromatic heterocycles. The van der Waals surface area contributed by atoms with E-state index in [1.165, 1.54) is 36.4 Å². The Kier molecular flexibility index (Phi) is 6.34. The van der Waals surface area contributed by atoms with Gasteiger partial charge in [-0.15, -0.1) is 23.1 Å². The number of thioether (sulfide) groups is 1. The minimum Gasteiger partial charge on any atom is -0.504 e. The number of carboxylic acids is 1. The molecule has 3 heterocycles. The lowest BCUT2D eigenvalue weighted by molar-refractivity contribution is -0.150. The maximum Gasteiger partial charge on any atom is 0.352 e. The molecule has 1 fully saturated rings. The summed E-state index contributed by atoms with van der Waals surface area (Å²) in [5.74, 6) is -2.90. The topological polar surface area (TPSA) is 188 Å². The number of phenolic OH excluding ortho intramolecular Hbond substituents is 2. The summed E-state index contributed by atoms with van der Waals surface area (Å²) in [6.45, 7) is 0. The summed E-state index contributed by atoms with van der Waals surface area (Å²) in [4.78, 5) is 47.6. The maximum atomic E-state index is 12.9. The molecular formula is C20H19N5O7S2. The first-order chi connectivity index (χ1) is 16.2. The number of carboxylic acid groups (broad SMARTS) is 1. The predicted molar refractivity (Wildman–Crippen MR) is 123 cm³/mol. The van der Waals surface area contributed by atoms with Crippen molar-refractivity contribution in [2.24, 2.45) is 5.16 Å². The van der Waals surface area contributed by atoms with Crippen LogP contribution < -0.4 is 11.1 Å². The largest absolute Gasteiger partial charge is 0.504 e. The zero-order valence-electron chi connectivity index (χ0n) is 17.6. The number of nitrogens with zero attached hydrogens (tertiary/aromatic N) is 3. The molecule has 1 saturated heterocycles. The molecule has 0 saturated carbocycles. The van der Waals surface area contributed by atoms with Crippen molar-refractivity contribution >= 4 is 51.7 Å². The summed E-state index contributed by atoms with van der Waals surface area (Å²) in [6.07, 6.45) is 0.159. The van der Waals surface area contributed by atoms with E-state index in [1.54, 1.807) is 6.07 Å². The minimum atomic E-state index is -1.28. The average Bonchev–Trinajstić information content (AvgIpc) is 3.23. The number of fused-ring (bicyclic) bond motifs is 1. The van der Waals surface area contributed by atoms with E-state index in [0.29, 0.717) is 11.1 Å². The Labute approximate surface area is 200 Å². The molecule has 2 amide bonds. The van der Waals surface area contributed by atoms with Gasteiger partial charge in [-0.1, -0.05) is 11.2 Å². The van der Waals surface area contributed by atoms with Gasteiger partial charge in [0.25, 0.3) is 11.8 Å². The highest BCUT2D eigenvalue weighted by Crippen LogP contribution is 2.41. The molecule has 2 atom stereocenters. The smallest absolute Gasteiger partial charge is 0.352 e. The normalized spacial score (nSPS) is 20.0. The van der Waals surface area contributed by atoms with Crippen molar-refractivity contribution in [1.82, 2.24) is 15.2 Å². The summed E-state index contributed by atoms with van der Waals surface area (Å²) >= 11 is 2.41. The van der Waals surface area contributed by atoms with E-state index in [0.717, 1.165) is 16.2 Å². The van der Waals surface area contributed by atoms with Crippen LogP contribution in [0.15, 0.2) is 40.0 Å². The first-order valence-corrected chi connectivity index (χ1v) is 11.7. The fourth-order valence-electron chi connectivity index (χ4n) is 3.65. The number of rotatable bonds is 7. The van der Waals surface area contributed by atoms with Crippen molar-refractivity contribution in [3.8, 4) is 11.5 Å². The van der Waals surface area contributed by atoms with Crippen molar-refractivity contribution in [2.45, 2.75) is 17.8 Å². The van der Waals surface area contributed by atoms with Crippen LogP contribution in [0.2, 0.25) is 0 Å². The Morgan fingerprint density at radius 2 is 2.12 bits per heavy atom. The second kappa shape index (κ2) is 9.23. The van der Waals surface area contributed by atoms with E-state index in [9.17, 15) is 29.7 Å². The number of phenols is 2. The van der Waals surface area contributed by atoms with Gasteiger partial charge in [0.2, 0.25) is 0 Å². The molecule has 2 aliphatic rings. The molecule has 0 bridgehead atoms. The number of oxime groups is 1. The number of benzene rings is 1. The summed E-state index contributed by atoms with van der Waals surface area (Å²) in [6, 6.07) is 3.23. The minimum absolute atomic E-state index is 0.159. The molecule has 12 nitrogen and oxygen atoms in total. The fourth-order valence-corrected chi connectivity index (χ4v) is 5.54. The van der Waals surface area contributed by atoms with Crippen LogP contribution in [-0.4, -0.2) is 73.0 Å². The van der Waals surface area contributed by atoms with Crippen LogP contribution in [-0.2, 0) is 25.6 Å². The maximum absolute atomic E-state index is 12.9. The van der Waals surface area contributed by atoms with Crippen LogP contribution in [0.5, 0.6) is 11.5 Å². The standard InChI is InChI=1S/C20H19N5O7S2/c1-32-24-13(10-7-34-20(21)22-10)16(28)23-14-17(29)25-15(19(30)31)9(6-33-18(14)25)4-8-2-3-11(26)12(27)5-8/h2-3,5,7,14,18,26-27H,4,6H2,1H3,(H2,21,22)(H,23,28)(H,30,31)/b24-13-/t14-,18+/m1/s1. The number of hydrogen-bond acceptors (Lipinski definition) is 11. The molecule has 0 radical (unpaired) electrons. The number of hydrogen-bond donors (Lipinski definition) is 5. The summed E-state index contributed by atoms with van der Waals surface area (Å²) in [5.41, 5.74) is 6.52. The van der Waals surface area contributed by atoms with E-state index in [-0.39, 0.29) is 45.9 Å². The molecule has 0 aliphatic carbocycles. The van der Waals surface area contributed by atoms with Gasteiger partial charge < -0.3 is 31.2 Å². The van der Waals surface area contributed by atoms with Crippen molar-refractivity contribution in [3.63, 3.8) is 0 Å². The number of carbonyl (C=O) groups is 3. The number of aromatic hydroxyl groups is 2.